The van der Waals surface area contributed by atoms with Crippen molar-refractivity contribution in [3.63, 3.8) is 0 Å². The van der Waals surface area contributed by atoms with Gasteiger partial charge in [-0.2, -0.15) is 0 Å². The lowest BCUT2D eigenvalue weighted by atomic mass is 9.88. The molecule has 3 N–H and O–H groups in total. The largest absolute Gasteiger partial charge is 0.455 e. The van der Waals surface area contributed by atoms with Crippen LogP contribution in [0.15, 0.2) is 90.1 Å². The van der Waals surface area contributed by atoms with Crippen molar-refractivity contribution in [3.05, 3.63) is 123 Å². The lowest BCUT2D eigenvalue weighted by Gasteiger charge is -2.36. The number of hydrogen-bond donors (Lipinski definition) is 3. The highest BCUT2D eigenvalue weighted by Crippen LogP contribution is 2.49. The summed E-state index contributed by atoms with van der Waals surface area (Å²) in [6.45, 7) is 2.77. The number of sulfonamides is 1. The van der Waals surface area contributed by atoms with Crippen LogP contribution in [0.1, 0.15) is 96.8 Å². The van der Waals surface area contributed by atoms with Crippen LogP contribution in [-0.4, -0.2) is 66.5 Å². The number of aromatic amines is 1. The van der Waals surface area contributed by atoms with Crippen LogP contribution in [0.2, 0.25) is 5.02 Å². The molecule has 1 amide bonds. The van der Waals surface area contributed by atoms with Gasteiger partial charge in [-0.05, 0) is 141 Å². The van der Waals surface area contributed by atoms with Crippen LogP contribution in [0, 0.1) is 16.0 Å². The predicted molar refractivity (Wildman–Crippen MR) is 230 cm³/mol. The number of nitro benzene ring substituents is 1. The molecule has 312 valence electrons. The summed E-state index contributed by atoms with van der Waals surface area (Å²) in [4.78, 5) is 35.1. The smallest absolute Gasteiger partial charge is 0.293 e. The molecule has 2 unspecified atom stereocenters. The predicted octanol–water partition coefficient (Wildman–Crippen LogP) is 9.52. The number of aromatic nitrogens is 2. The topological polar surface area (TPSA) is 169 Å². The molecule has 2 aromatic heterocycles. The van der Waals surface area contributed by atoms with E-state index in [1.165, 1.54) is 42.3 Å². The van der Waals surface area contributed by atoms with Gasteiger partial charge >= 0.3 is 0 Å². The highest BCUT2D eigenvalue weighted by molar-refractivity contribution is 7.90. The van der Waals surface area contributed by atoms with Gasteiger partial charge < -0.3 is 19.8 Å². The van der Waals surface area contributed by atoms with Gasteiger partial charge in [0, 0.05) is 54.5 Å². The van der Waals surface area contributed by atoms with Crippen molar-refractivity contribution < 1.29 is 27.6 Å². The molecular formula is C45H47ClN6O7S. The lowest BCUT2D eigenvalue weighted by Crippen LogP contribution is -2.36. The van der Waals surface area contributed by atoms with Gasteiger partial charge in [0.15, 0.2) is 0 Å². The molecule has 0 spiro atoms. The summed E-state index contributed by atoms with van der Waals surface area (Å²) in [6.07, 6.45) is 14.5. The third kappa shape index (κ3) is 8.51. The molecule has 60 heavy (non-hydrogen) atoms. The number of anilines is 1. The molecule has 2 aliphatic carbocycles. The zero-order chi connectivity index (χ0) is 41.4. The first kappa shape index (κ1) is 40.1. The summed E-state index contributed by atoms with van der Waals surface area (Å²) in [5.41, 5.74) is 5.12. The monoisotopic (exact) mass is 850 g/mol. The molecule has 4 heterocycles. The molecule has 4 aliphatic rings. The average molecular weight is 851 g/mol. The van der Waals surface area contributed by atoms with Crippen molar-refractivity contribution in [1.82, 2.24) is 19.6 Å². The number of benzene rings is 3. The molecule has 3 aromatic carbocycles. The molecule has 1 saturated carbocycles. The number of rotatable bonds is 13. The number of amides is 1. The number of pyridine rings is 1. The van der Waals surface area contributed by atoms with Crippen LogP contribution in [-0.2, 0) is 14.8 Å². The number of halogens is 1. The zero-order valence-corrected chi connectivity index (χ0v) is 34.6. The van der Waals surface area contributed by atoms with Crippen molar-refractivity contribution in [1.29, 1.82) is 0 Å². The van der Waals surface area contributed by atoms with Crippen LogP contribution in [0.5, 0.6) is 11.5 Å². The van der Waals surface area contributed by atoms with Crippen molar-refractivity contribution in [3.8, 4) is 11.5 Å². The Labute approximate surface area is 353 Å². The van der Waals surface area contributed by atoms with E-state index >= 15 is 0 Å². The maximum Gasteiger partial charge on any atom is 0.293 e. The van der Waals surface area contributed by atoms with E-state index in [0.29, 0.717) is 49.2 Å². The van der Waals surface area contributed by atoms with Gasteiger partial charge in [-0.25, -0.2) is 18.1 Å². The second-order valence-electron chi connectivity index (χ2n) is 16.3. The number of likely N-dealkylation sites (tertiary alicyclic amines) is 1. The fraction of sp³-hybridized carbons (Fsp3) is 0.378. The molecule has 0 bridgehead atoms. The molecule has 0 radical (unpaired) electrons. The fourth-order valence-corrected chi connectivity index (χ4v) is 10.4. The van der Waals surface area contributed by atoms with Gasteiger partial charge in [0.25, 0.3) is 21.6 Å². The number of carbonyl (C=O) groups excluding carboxylic acids is 1. The Morgan fingerprint density at radius 3 is 2.67 bits per heavy atom. The van der Waals surface area contributed by atoms with Gasteiger partial charge in [-0.3, -0.25) is 19.8 Å². The molecule has 13 nitrogen and oxygen atoms in total. The van der Waals surface area contributed by atoms with Crippen LogP contribution in [0.3, 0.4) is 0 Å². The van der Waals surface area contributed by atoms with Crippen LogP contribution in [0.4, 0.5) is 11.4 Å². The molecule has 3 fully saturated rings. The highest BCUT2D eigenvalue weighted by atomic mass is 35.5. The van der Waals surface area contributed by atoms with E-state index in [-0.39, 0.29) is 22.9 Å². The number of nitrogens with zero attached hydrogens (tertiary/aromatic N) is 3. The van der Waals surface area contributed by atoms with E-state index in [4.69, 9.17) is 21.1 Å². The second kappa shape index (κ2) is 17.0. The summed E-state index contributed by atoms with van der Waals surface area (Å²) in [7, 11) is -4.55. The number of carbonyl (C=O) groups is 1. The van der Waals surface area contributed by atoms with Gasteiger partial charge in [0.05, 0.1) is 21.6 Å². The number of H-pyrrole nitrogens is 1. The first-order valence-corrected chi connectivity index (χ1v) is 22.6. The maximum absolute atomic E-state index is 13.9. The number of allylic oxidation sites excluding steroid dienone is 1. The highest BCUT2D eigenvalue weighted by Gasteiger charge is 2.37. The Bertz CT molecular complexity index is 2590. The minimum Gasteiger partial charge on any atom is -0.455 e. The van der Waals surface area contributed by atoms with Crippen LogP contribution < -0.4 is 14.8 Å². The quantitative estimate of drug-likeness (QED) is 0.0766. The number of fused-ring (bicyclic) bond motifs is 1. The van der Waals surface area contributed by atoms with Gasteiger partial charge in [-0.15, -0.1) is 0 Å². The number of ether oxygens (including phenoxy) is 2. The normalized spacial score (nSPS) is 20.2. The minimum absolute atomic E-state index is 0.0267. The van der Waals surface area contributed by atoms with E-state index in [1.54, 1.807) is 24.4 Å². The molecule has 2 atom stereocenters. The Kier molecular flexibility index (Phi) is 11.4. The zero-order valence-electron chi connectivity index (χ0n) is 33.1. The summed E-state index contributed by atoms with van der Waals surface area (Å²) in [5.74, 6) is 0.449. The third-order valence-electron chi connectivity index (χ3n) is 12.4. The number of nitrogens with one attached hydrogen (secondary N) is 3. The van der Waals surface area contributed by atoms with E-state index < -0.39 is 31.4 Å². The molecular weight excluding hydrogens is 804 g/mol. The Hall–Kier alpha value is -5.28. The molecule has 5 aromatic rings. The van der Waals surface area contributed by atoms with Crippen molar-refractivity contribution in [2.24, 2.45) is 5.92 Å². The Morgan fingerprint density at radius 2 is 1.88 bits per heavy atom. The van der Waals surface area contributed by atoms with Crippen molar-refractivity contribution in [2.75, 3.05) is 31.6 Å². The first-order chi connectivity index (χ1) is 29.1. The molecule has 15 heteroatoms. The summed E-state index contributed by atoms with van der Waals surface area (Å²) < 4.78 is 41.2. The van der Waals surface area contributed by atoms with E-state index in [9.17, 15) is 23.3 Å². The molecule has 9 rings (SSSR count). The van der Waals surface area contributed by atoms with E-state index in [1.807, 2.05) is 18.2 Å². The van der Waals surface area contributed by atoms with E-state index in [0.717, 1.165) is 79.1 Å². The van der Waals surface area contributed by atoms with Crippen LogP contribution >= 0.6 is 11.6 Å². The van der Waals surface area contributed by atoms with Gasteiger partial charge in [0.2, 0.25) is 0 Å². The minimum atomic E-state index is -4.55. The SMILES string of the molecule is O=C(NS(=O)(=O)c1ccc(NCC2CCOCC2)c([N+](=O)[O-])c1)c1ccc(C2=CCC(N3CCCC3c3c(Cl)cccc3C3CC3)CC2)cc1Oc1cnc2[nH]ccc2c1. The van der Waals surface area contributed by atoms with Gasteiger partial charge in [0.1, 0.15) is 22.8 Å². The summed E-state index contributed by atoms with van der Waals surface area (Å²) >= 11 is 6.89. The van der Waals surface area contributed by atoms with Crippen molar-refractivity contribution >= 4 is 55.5 Å². The second-order valence-corrected chi connectivity index (χ2v) is 18.4. The van der Waals surface area contributed by atoms with Crippen molar-refractivity contribution in [2.45, 2.75) is 80.7 Å². The van der Waals surface area contributed by atoms with E-state index in [2.05, 4.69) is 43.1 Å². The number of nitro groups is 1. The summed E-state index contributed by atoms with van der Waals surface area (Å²) in [6, 6.07) is 19.4. The number of hydrogen-bond acceptors (Lipinski definition) is 10. The maximum atomic E-state index is 13.9. The standard InChI is InChI=1S/C45H47ClN6O7S/c46-38-4-1-3-36(30-6-7-30)43(38)40-5-2-20-51(40)33-11-8-29(9-12-33)31-10-14-37(42(24-31)59-34-23-32-16-19-47-44(32)49-27-34)45(53)50-60(56,57)35-13-15-39(41(25-35)52(54)55)48-26-28-17-21-58-22-18-28/h1,3-4,8,10,13-16,19,23-25,27-28,30,33,40,48H,2,5-7,9,11-12,17-18,20-22,26H2,(H,47,49)(H,50,53). The van der Waals surface area contributed by atoms with Gasteiger partial charge in [-0.1, -0.05) is 35.9 Å². The first-order valence-electron chi connectivity index (χ1n) is 20.8. The summed E-state index contributed by atoms with van der Waals surface area (Å²) in [5, 5.41) is 16.8. The fourth-order valence-electron chi connectivity index (χ4n) is 9.09. The third-order valence-corrected chi connectivity index (χ3v) is 14.1. The molecule has 2 aliphatic heterocycles. The Balaban J connectivity index is 0.958. The lowest BCUT2D eigenvalue weighted by molar-refractivity contribution is -0.384. The molecule has 2 saturated heterocycles. The van der Waals surface area contributed by atoms with Crippen LogP contribution in [0.25, 0.3) is 16.6 Å². The Morgan fingerprint density at radius 1 is 1.03 bits per heavy atom. The average Bonchev–Trinajstić information content (AvgIpc) is 3.80.